The Morgan fingerprint density at radius 2 is 1.63 bits per heavy atom. The summed E-state index contributed by atoms with van der Waals surface area (Å²) in [7, 11) is 1.32. The highest BCUT2D eigenvalue weighted by Gasteiger charge is 2.35. The van der Waals surface area contributed by atoms with Crippen molar-refractivity contribution in [1.29, 1.82) is 0 Å². The molecule has 1 saturated heterocycles. The minimum absolute atomic E-state index is 0.0258. The number of ketones is 1. The number of methoxy groups -OCH3 is 1. The highest BCUT2D eigenvalue weighted by atomic mass is 16.6. The maximum atomic E-state index is 14.0. The highest BCUT2D eigenvalue weighted by Crippen LogP contribution is 2.47. The Balaban J connectivity index is 0.928. The van der Waals surface area contributed by atoms with Gasteiger partial charge in [-0.25, -0.2) is 4.79 Å². The van der Waals surface area contributed by atoms with E-state index in [-0.39, 0.29) is 34.7 Å². The second-order valence-electron chi connectivity index (χ2n) is 13.6. The van der Waals surface area contributed by atoms with Crippen molar-refractivity contribution in [3.05, 3.63) is 110 Å². The molecule has 1 aromatic heterocycles. The van der Waals surface area contributed by atoms with Crippen LogP contribution in [0.2, 0.25) is 0 Å². The third kappa shape index (κ3) is 8.09. The van der Waals surface area contributed by atoms with E-state index in [0.717, 1.165) is 11.8 Å². The van der Waals surface area contributed by atoms with Gasteiger partial charge in [-0.1, -0.05) is 29.4 Å². The van der Waals surface area contributed by atoms with Crippen molar-refractivity contribution in [3.8, 4) is 11.3 Å². The molecule has 3 N–H and O–H groups in total. The third-order valence-electron chi connectivity index (χ3n) is 10.1. The number of nitrogens with one attached hydrogen (secondary N) is 3. The third-order valence-corrected chi connectivity index (χ3v) is 10.1. The molecule has 2 aliphatic rings. The van der Waals surface area contributed by atoms with Gasteiger partial charge in [-0.2, -0.15) is 0 Å². The average molecular weight is 778 g/mol. The van der Waals surface area contributed by atoms with Gasteiger partial charge < -0.3 is 34.8 Å². The minimum atomic E-state index is -0.680. The van der Waals surface area contributed by atoms with E-state index >= 15 is 0 Å². The molecular formula is C40H39N7O10. The number of rotatable bonds is 16. The summed E-state index contributed by atoms with van der Waals surface area (Å²) in [5.74, 6) is -0.298. The number of non-ortho nitro benzene ring substituents is 1. The average Bonchev–Trinajstić information content (AvgIpc) is 3.67. The molecule has 0 bridgehead atoms. The smallest absolute Gasteiger partial charge is 0.337 e. The number of hydrogen-bond donors (Lipinski definition) is 3. The molecule has 17 nitrogen and oxygen atoms in total. The number of piperidine rings is 1. The summed E-state index contributed by atoms with van der Waals surface area (Å²) in [5, 5.41) is 36.7. The van der Waals surface area contributed by atoms with Crippen LogP contribution in [0.3, 0.4) is 0 Å². The SMILES string of the molecule is COC(=O)c1ccc(Nc2cc(N3CCC(C(=O)NCCCOCCCNc4ccc([N+](=O)[O-])cc4[N+](=O)[O-])CC3)c3noc4c3c2C(=O)c2ccccc2-4)cc1. The molecule has 2 heterocycles. The Bertz CT molecular complexity index is 2350. The van der Waals surface area contributed by atoms with Gasteiger partial charge in [0, 0.05) is 68.2 Å². The predicted octanol–water partition coefficient (Wildman–Crippen LogP) is 6.63. The van der Waals surface area contributed by atoms with E-state index in [1.165, 1.54) is 19.2 Å². The lowest BCUT2D eigenvalue weighted by molar-refractivity contribution is -0.393. The molecule has 0 radical (unpaired) electrons. The van der Waals surface area contributed by atoms with Crippen molar-refractivity contribution in [2.45, 2.75) is 25.7 Å². The monoisotopic (exact) mass is 777 g/mol. The van der Waals surface area contributed by atoms with E-state index in [0.29, 0.717) is 115 Å². The number of esters is 1. The van der Waals surface area contributed by atoms with Crippen LogP contribution in [0.5, 0.6) is 0 Å². The van der Waals surface area contributed by atoms with Crippen LogP contribution >= 0.6 is 0 Å². The minimum Gasteiger partial charge on any atom is -0.465 e. The van der Waals surface area contributed by atoms with Crippen LogP contribution in [-0.2, 0) is 14.3 Å². The van der Waals surface area contributed by atoms with Crippen molar-refractivity contribution in [2.24, 2.45) is 5.92 Å². The van der Waals surface area contributed by atoms with Crippen molar-refractivity contribution < 1.29 is 38.2 Å². The number of amides is 1. The van der Waals surface area contributed by atoms with Crippen LogP contribution in [0.15, 0.2) is 77.3 Å². The lowest BCUT2D eigenvalue weighted by atomic mass is 9.86. The van der Waals surface area contributed by atoms with Gasteiger partial charge in [0.2, 0.25) is 5.91 Å². The molecule has 1 aliphatic carbocycles. The van der Waals surface area contributed by atoms with Crippen LogP contribution in [0.1, 0.15) is 52.0 Å². The lowest BCUT2D eigenvalue weighted by Crippen LogP contribution is -2.41. The quantitative estimate of drug-likeness (QED) is 0.0407. The van der Waals surface area contributed by atoms with Gasteiger partial charge in [-0.3, -0.25) is 29.8 Å². The maximum absolute atomic E-state index is 14.0. The van der Waals surface area contributed by atoms with E-state index in [9.17, 15) is 34.6 Å². The number of anilines is 4. The number of benzene rings is 4. The number of carbonyl (C=O) groups excluding carboxylic acids is 3. The molecule has 0 saturated carbocycles. The van der Waals surface area contributed by atoms with Crippen LogP contribution in [-0.4, -0.2) is 79.2 Å². The predicted molar refractivity (Wildman–Crippen MR) is 210 cm³/mol. The number of ether oxygens (including phenoxy) is 2. The summed E-state index contributed by atoms with van der Waals surface area (Å²) in [6, 6.07) is 19.4. The van der Waals surface area contributed by atoms with Gasteiger partial charge in [-0.15, -0.1) is 0 Å². The topological polar surface area (TPSA) is 221 Å². The molecule has 7 rings (SSSR count). The first-order valence-corrected chi connectivity index (χ1v) is 18.5. The van der Waals surface area contributed by atoms with E-state index in [2.05, 4.69) is 26.0 Å². The standard InChI is InChI=1S/C40H39N7O10/c1-55-40(50)25-8-10-26(11-9-25)43-31-23-33(36-35-34(31)37(48)28-6-2-3-7-29(28)38(35)57-44-36)45-18-14-24(15-19-45)39(49)42-17-5-21-56-20-4-16-41-30-13-12-27(46(51)52)22-32(30)47(53)54/h2-3,6-13,22-24,41,43H,4-5,14-21H2,1H3,(H,42,49). The zero-order chi connectivity index (χ0) is 40.1. The Morgan fingerprint density at radius 1 is 0.912 bits per heavy atom. The Hall–Kier alpha value is -6.88. The number of nitro groups is 2. The van der Waals surface area contributed by atoms with Crippen molar-refractivity contribution >= 4 is 62.7 Å². The molecule has 0 spiro atoms. The van der Waals surface area contributed by atoms with Gasteiger partial charge in [-0.05, 0) is 62.1 Å². The fourth-order valence-electron chi connectivity index (χ4n) is 7.19. The lowest BCUT2D eigenvalue weighted by Gasteiger charge is -2.33. The molecule has 17 heteroatoms. The van der Waals surface area contributed by atoms with Gasteiger partial charge in [0.25, 0.3) is 11.4 Å². The normalized spacial score (nSPS) is 13.6. The molecule has 1 amide bonds. The van der Waals surface area contributed by atoms with Crippen LogP contribution in [0, 0.1) is 26.1 Å². The second-order valence-corrected chi connectivity index (χ2v) is 13.6. The van der Waals surface area contributed by atoms with E-state index in [4.69, 9.17) is 14.0 Å². The molecular weight excluding hydrogens is 738 g/mol. The summed E-state index contributed by atoms with van der Waals surface area (Å²) in [5.41, 5.74) is 4.10. The number of fused-ring (bicyclic) bond motifs is 2. The summed E-state index contributed by atoms with van der Waals surface area (Å²) in [6.45, 7) is 2.78. The first-order valence-electron chi connectivity index (χ1n) is 18.5. The number of carbonyl (C=O) groups is 3. The molecule has 4 aromatic carbocycles. The maximum Gasteiger partial charge on any atom is 0.337 e. The van der Waals surface area contributed by atoms with Gasteiger partial charge >= 0.3 is 5.97 Å². The number of aromatic nitrogens is 1. The molecule has 294 valence electrons. The molecule has 0 unspecified atom stereocenters. The van der Waals surface area contributed by atoms with Crippen LogP contribution in [0.25, 0.3) is 22.2 Å². The van der Waals surface area contributed by atoms with Gasteiger partial charge in [0.05, 0.1) is 50.9 Å². The number of hydrogen-bond acceptors (Lipinski definition) is 14. The van der Waals surface area contributed by atoms with Crippen molar-refractivity contribution in [2.75, 3.05) is 62.0 Å². The van der Waals surface area contributed by atoms with Crippen molar-refractivity contribution in [1.82, 2.24) is 10.5 Å². The zero-order valence-corrected chi connectivity index (χ0v) is 30.9. The molecule has 57 heavy (non-hydrogen) atoms. The van der Waals surface area contributed by atoms with E-state index < -0.39 is 15.8 Å². The first-order chi connectivity index (χ1) is 27.6. The molecule has 5 aromatic rings. The highest BCUT2D eigenvalue weighted by molar-refractivity contribution is 6.28. The fourth-order valence-corrected chi connectivity index (χ4v) is 7.19. The second kappa shape index (κ2) is 16.9. The Morgan fingerprint density at radius 3 is 2.33 bits per heavy atom. The Kier molecular flexibility index (Phi) is 11.4. The van der Waals surface area contributed by atoms with Gasteiger partial charge in [0.1, 0.15) is 11.2 Å². The fraction of sp³-hybridized carbons (Fsp3) is 0.300. The van der Waals surface area contributed by atoms with Crippen molar-refractivity contribution in [3.63, 3.8) is 0 Å². The van der Waals surface area contributed by atoms with Gasteiger partial charge in [0.15, 0.2) is 11.5 Å². The van der Waals surface area contributed by atoms with E-state index in [1.54, 1.807) is 30.3 Å². The summed E-state index contributed by atoms with van der Waals surface area (Å²) in [4.78, 5) is 62.2. The number of nitrogens with zero attached hydrogens (tertiary/aromatic N) is 4. The Labute approximate surface area is 325 Å². The molecule has 1 fully saturated rings. The largest absolute Gasteiger partial charge is 0.465 e. The zero-order valence-electron chi connectivity index (χ0n) is 30.9. The summed E-state index contributed by atoms with van der Waals surface area (Å²) in [6.07, 6.45) is 2.37. The number of nitro benzene ring substituents is 2. The van der Waals surface area contributed by atoms with Crippen LogP contribution in [0.4, 0.5) is 34.1 Å². The van der Waals surface area contributed by atoms with E-state index in [1.807, 2.05) is 24.3 Å². The summed E-state index contributed by atoms with van der Waals surface area (Å²) < 4.78 is 16.4. The first kappa shape index (κ1) is 38.4. The summed E-state index contributed by atoms with van der Waals surface area (Å²) >= 11 is 0. The van der Waals surface area contributed by atoms with Crippen LogP contribution < -0.4 is 20.9 Å². The molecule has 0 atom stereocenters. The molecule has 1 aliphatic heterocycles.